The number of nitrogens with one attached hydrogen (secondary N) is 2. The van der Waals surface area contributed by atoms with E-state index in [4.69, 9.17) is 5.73 Å². The van der Waals surface area contributed by atoms with Crippen LogP contribution in [0.3, 0.4) is 0 Å². The van der Waals surface area contributed by atoms with Crippen LogP contribution in [-0.4, -0.2) is 75.5 Å². The maximum absolute atomic E-state index is 13.1. The highest BCUT2D eigenvalue weighted by molar-refractivity contribution is 5.96. The molecule has 11 heteroatoms. The van der Waals surface area contributed by atoms with Crippen LogP contribution in [0.15, 0.2) is 0 Å². The van der Waals surface area contributed by atoms with Gasteiger partial charge in [0.25, 0.3) is 0 Å². The van der Waals surface area contributed by atoms with Crippen molar-refractivity contribution in [3.63, 3.8) is 0 Å². The molecular formula is C20H34N4O7. The summed E-state index contributed by atoms with van der Waals surface area (Å²) in [6.45, 7) is 7.12. The molecule has 6 N–H and O–H groups in total. The van der Waals surface area contributed by atoms with Gasteiger partial charge in [-0.05, 0) is 24.7 Å². The van der Waals surface area contributed by atoms with Crippen LogP contribution in [0.5, 0.6) is 0 Å². The van der Waals surface area contributed by atoms with Gasteiger partial charge in [0.05, 0.1) is 12.5 Å². The van der Waals surface area contributed by atoms with Crippen LogP contribution in [0.1, 0.15) is 53.4 Å². The summed E-state index contributed by atoms with van der Waals surface area (Å²) in [7, 11) is 0. The number of nitrogens with zero attached hydrogens (tertiary/aromatic N) is 1. The fraction of sp³-hybridized carbons (Fsp3) is 0.750. The molecule has 0 aromatic rings. The van der Waals surface area contributed by atoms with E-state index < -0.39 is 60.2 Å². The van der Waals surface area contributed by atoms with Crippen LogP contribution >= 0.6 is 0 Å². The summed E-state index contributed by atoms with van der Waals surface area (Å²) >= 11 is 0. The minimum absolute atomic E-state index is 0.171. The predicted octanol–water partition coefficient (Wildman–Crippen LogP) is -0.464. The molecule has 5 atom stereocenters. The summed E-state index contributed by atoms with van der Waals surface area (Å²) in [6.07, 6.45) is 0.763. The largest absolute Gasteiger partial charge is 0.481 e. The Labute approximate surface area is 181 Å². The van der Waals surface area contributed by atoms with E-state index in [0.717, 1.165) is 0 Å². The van der Waals surface area contributed by atoms with Gasteiger partial charge in [-0.2, -0.15) is 0 Å². The van der Waals surface area contributed by atoms with Crippen LogP contribution in [0.2, 0.25) is 0 Å². The number of aliphatic carboxylic acids is 2. The third-order valence-electron chi connectivity index (χ3n) is 5.62. The molecule has 0 bridgehead atoms. The van der Waals surface area contributed by atoms with Crippen molar-refractivity contribution in [1.82, 2.24) is 15.5 Å². The molecule has 1 aliphatic heterocycles. The zero-order chi connectivity index (χ0) is 23.9. The average Bonchev–Trinajstić information content (AvgIpc) is 3.18. The minimum atomic E-state index is -1.38. The molecule has 1 heterocycles. The van der Waals surface area contributed by atoms with Gasteiger partial charge in [-0.1, -0.05) is 34.1 Å². The van der Waals surface area contributed by atoms with E-state index in [-0.39, 0.29) is 18.4 Å². The smallest absolute Gasteiger partial charge is 0.326 e. The SMILES string of the molecule is CCC(C)C(N)C(=O)NC(CC(=O)O)C(=O)N1CCCC1C(=O)NC(C(=O)O)C(C)C. The monoisotopic (exact) mass is 442 g/mol. The van der Waals surface area contributed by atoms with Crippen LogP contribution in [0.25, 0.3) is 0 Å². The van der Waals surface area contributed by atoms with E-state index in [1.54, 1.807) is 20.8 Å². The number of rotatable bonds is 11. The van der Waals surface area contributed by atoms with E-state index in [9.17, 15) is 34.2 Å². The number of carboxylic acids is 2. The minimum Gasteiger partial charge on any atom is -0.481 e. The third kappa shape index (κ3) is 7.20. The van der Waals surface area contributed by atoms with Crippen molar-refractivity contribution in [1.29, 1.82) is 0 Å². The molecular weight excluding hydrogens is 408 g/mol. The third-order valence-corrected chi connectivity index (χ3v) is 5.62. The standard InChI is InChI=1S/C20H34N4O7/c1-5-11(4)15(21)18(28)22-12(9-14(25)26)19(29)24-8-6-7-13(24)17(27)23-16(10(2)3)20(30)31/h10-13,15-16H,5-9,21H2,1-4H3,(H,22,28)(H,23,27)(H,25,26)(H,30,31). The van der Waals surface area contributed by atoms with Gasteiger partial charge < -0.3 is 31.5 Å². The highest BCUT2D eigenvalue weighted by Crippen LogP contribution is 2.20. The van der Waals surface area contributed by atoms with Crippen molar-refractivity contribution < 1.29 is 34.2 Å². The lowest BCUT2D eigenvalue weighted by Crippen LogP contribution is -2.58. The van der Waals surface area contributed by atoms with Crippen LogP contribution < -0.4 is 16.4 Å². The molecule has 1 saturated heterocycles. The van der Waals surface area contributed by atoms with E-state index >= 15 is 0 Å². The van der Waals surface area contributed by atoms with E-state index in [0.29, 0.717) is 19.3 Å². The number of hydrogen-bond acceptors (Lipinski definition) is 6. The number of likely N-dealkylation sites (tertiary alicyclic amines) is 1. The molecule has 0 aromatic carbocycles. The lowest BCUT2D eigenvalue weighted by Gasteiger charge is -2.30. The van der Waals surface area contributed by atoms with E-state index in [1.165, 1.54) is 4.90 Å². The topological polar surface area (TPSA) is 179 Å². The Bertz CT molecular complexity index is 697. The summed E-state index contributed by atoms with van der Waals surface area (Å²) in [6, 6.07) is -4.35. The van der Waals surface area contributed by atoms with Gasteiger partial charge in [0.2, 0.25) is 17.7 Å². The second-order valence-corrected chi connectivity index (χ2v) is 8.33. The number of amides is 3. The Kier molecular flexibility index (Phi) is 9.89. The van der Waals surface area contributed by atoms with Gasteiger partial charge in [-0.25, -0.2) is 4.79 Å². The van der Waals surface area contributed by atoms with Gasteiger partial charge >= 0.3 is 11.9 Å². The molecule has 11 nitrogen and oxygen atoms in total. The number of hydrogen-bond donors (Lipinski definition) is 5. The maximum Gasteiger partial charge on any atom is 0.326 e. The summed E-state index contributed by atoms with van der Waals surface area (Å²) in [5.74, 6) is -4.98. The van der Waals surface area contributed by atoms with Crippen molar-refractivity contribution >= 4 is 29.7 Å². The molecule has 0 spiro atoms. The Hall–Kier alpha value is -2.69. The van der Waals surface area contributed by atoms with Crippen LogP contribution in [0.4, 0.5) is 0 Å². The zero-order valence-electron chi connectivity index (χ0n) is 18.5. The molecule has 0 aliphatic carbocycles. The van der Waals surface area contributed by atoms with Gasteiger partial charge in [-0.3, -0.25) is 19.2 Å². The summed E-state index contributed by atoms with van der Waals surface area (Å²) in [5.41, 5.74) is 5.89. The molecule has 1 aliphatic rings. The molecule has 31 heavy (non-hydrogen) atoms. The molecule has 0 radical (unpaired) electrons. The Morgan fingerprint density at radius 1 is 1.10 bits per heavy atom. The molecule has 0 saturated carbocycles. The van der Waals surface area contributed by atoms with Gasteiger partial charge in [0.1, 0.15) is 18.1 Å². The molecule has 1 fully saturated rings. The highest BCUT2D eigenvalue weighted by atomic mass is 16.4. The lowest BCUT2D eigenvalue weighted by atomic mass is 9.99. The quantitative estimate of drug-likeness (QED) is 0.285. The predicted molar refractivity (Wildman–Crippen MR) is 111 cm³/mol. The first-order chi connectivity index (χ1) is 14.4. The van der Waals surface area contributed by atoms with E-state index in [2.05, 4.69) is 10.6 Å². The molecule has 0 aromatic heterocycles. The summed E-state index contributed by atoms with van der Waals surface area (Å²) < 4.78 is 0. The molecule has 5 unspecified atom stereocenters. The highest BCUT2D eigenvalue weighted by Gasteiger charge is 2.40. The fourth-order valence-corrected chi connectivity index (χ4v) is 3.42. The maximum atomic E-state index is 13.1. The van der Waals surface area contributed by atoms with Crippen molar-refractivity contribution in [3.05, 3.63) is 0 Å². The molecule has 3 amide bonds. The van der Waals surface area contributed by atoms with Crippen molar-refractivity contribution in [2.45, 2.75) is 77.5 Å². The van der Waals surface area contributed by atoms with Gasteiger partial charge in [0.15, 0.2) is 0 Å². The first-order valence-electron chi connectivity index (χ1n) is 10.5. The number of carbonyl (C=O) groups is 5. The van der Waals surface area contributed by atoms with Crippen molar-refractivity contribution in [2.24, 2.45) is 17.6 Å². The average molecular weight is 443 g/mol. The Balaban J connectivity index is 2.99. The number of carboxylic acid groups (broad SMARTS) is 2. The normalized spacial score (nSPS) is 19.9. The molecule has 176 valence electrons. The van der Waals surface area contributed by atoms with Crippen LogP contribution in [0, 0.1) is 11.8 Å². The zero-order valence-corrected chi connectivity index (χ0v) is 18.5. The van der Waals surface area contributed by atoms with Crippen molar-refractivity contribution in [2.75, 3.05) is 6.54 Å². The van der Waals surface area contributed by atoms with Crippen molar-refractivity contribution in [3.8, 4) is 0 Å². The second-order valence-electron chi connectivity index (χ2n) is 8.33. The Morgan fingerprint density at radius 3 is 2.19 bits per heavy atom. The van der Waals surface area contributed by atoms with Gasteiger partial charge in [-0.15, -0.1) is 0 Å². The first kappa shape index (κ1) is 26.3. The molecule has 1 rings (SSSR count). The summed E-state index contributed by atoms with van der Waals surface area (Å²) in [4.78, 5) is 62.0. The second kappa shape index (κ2) is 11.6. The lowest BCUT2D eigenvalue weighted by molar-refractivity contribution is -0.147. The van der Waals surface area contributed by atoms with E-state index in [1.807, 2.05) is 6.92 Å². The van der Waals surface area contributed by atoms with Gasteiger partial charge in [0, 0.05) is 6.54 Å². The number of nitrogens with two attached hydrogens (primary N) is 1. The van der Waals surface area contributed by atoms with Crippen LogP contribution in [-0.2, 0) is 24.0 Å². The first-order valence-corrected chi connectivity index (χ1v) is 10.5. The Morgan fingerprint density at radius 2 is 1.71 bits per heavy atom. The number of carbonyl (C=O) groups excluding carboxylic acids is 3. The fourth-order valence-electron chi connectivity index (χ4n) is 3.42. The summed E-state index contributed by atoms with van der Waals surface area (Å²) in [5, 5.41) is 23.4.